The quantitative estimate of drug-likeness (QED) is 0.683. The zero-order valence-electron chi connectivity index (χ0n) is 14.0. The van der Waals surface area contributed by atoms with Gasteiger partial charge in [-0.3, -0.25) is 10.1 Å². The van der Waals surface area contributed by atoms with Gasteiger partial charge in [-0.1, -0.05) is 30.3 Å². The van der Waals surface area contributed by atoms with E-state index in [0.29, 0.717) is 12.5 Å². The van der Waals surface area contributed by atoms with Gasteiger partial charge in [0, 0.05) is 12.5 Å². The number of nitrogens with one attached hydrogen (secondary N) is 2. The number of halogens is 3. The average Bonchev–Trinajstić information content (AvgIpc) is 2.60. The lowest BCUT2D eigenvalue weighted by molar-refractivity contribution is -0.141. The first kappa shape index (κ1) is 20.1. The second kappa shape index (κ2) is 8.97. The summed E-state index contributed by atoms with van der Waals surface area (Å²) in [7, 11) is 0. The van der Waals surface area contributed by atoms with Crippen LogP contribution in [0.15, 0.2) is 42.5 Å². The van der Waals surface area contributed by atoms with Crippen LogP contribution in [-0.2, 0) is 17.4 Å². The maximum absolute atomic E-state index is 12.5. The lowest BCUT2D eigenvalue weighted by atomic mass is 10.0. The van der Waals surface area contributed by atoms with Gasteiger partial charge in [-0.25, -0.2) is 4.79 Å². The Morgan fingerprint density at radius 3 is 2.33 bits per heavy atom. The summed E-state index contributed by atoms with van der Waals surface area (Å²) in [5, 5.41) is 20.1. The predicted molar refractivity (Wildman–Crippen MR) is 90.0 cm³/mol. The van der Waals surface area contributed by atoms with Crippen molar-refractivity contribution in [3.8, 4) is 0 Å². The summed E-state index contributed by atoms with van der Waals surface area (Å²) >= 11 is 0. The van der Waals surface area contributed by atoms with E-state index >= 15 is 0 Å². The highest BCUT2D eigenvalue weighted by molar-refractivity contribution is 5.88. The molecule has 1 unspecified atom stereocenters. The number of aromatic nitrogens is 2. The molecule has 2 amide bonds. The number of hydrogen-bond acceptors (Lipinski definition) is 4. The Morgan fingerprint density at radius 1 is 1.07 bits per heavy atom. The Bertz CT molecular complexity index is 767. The van der Waals surface area contributed by atoms with E-state index in [1.54, 1.807) is 0 Å². The van der Waals surface area contributed by atoms with Gasteiger partial charge in [0.2, 0.25) is 0 Å². The second-order valence-corrected chi connectivity index (χ2v) is 5.72. The van der Waals surface area contributed by atoms with Crippen LogP contribution in [0, 0.1) is 0 Å². The average molecular weight is 382 g/mol. The number of hydrogen-bond donors (Lipinski definition) is 3. The van der Waals surface area contributed by atoms with Gasteiger partial charge < -0.3 is 10.4 Å². The van der Waals surface area contributed by atoms with Gasteiger partial charge in [0.25, 0.3) is 0 Å². The number of carbonyl (C=O) groups is 2. The van der Waals surface area contributed by atoms with E-state index in [1.807, 2.05) is 30.3 Å². The van der Waals surface area contributed by atoms with Crippen molar-refractivity contribution in [2.75, 3.05) is 5.32 Å². The van der Waals surface area contributed by atoms with Crippen LogP contribution < -0.4 is 10.6 Å². The molecule has 0 aliphatic carbocycles. The van der Waals surface area contributed by atoms with E-state index in [2.05, 4.69) is 20.8 Å². The first-order valence-corrected chi connectivity index (χ1v) is 7.98. The maximum atomic E-state index is 12.5. The molecule has 1 aromatic carbocycles. The highest BCUT2D eigenvalue weighted by Crippen LogP contribution is 2.27. The third-order valence-corrected chi connectivity index (χ3v) is 3.56. The van der Waals surface area contributed by atoms with Crippen LogP contribution in [0.5, 0.6) is 0 Å². The summed E-state index contributed by atoms with van der Waals surface area (Å²) in [5.41, 5.74) is -0.264. The highest BCUT2D eigenvalue weighted by atomic mass is 19.4. The molecule has 144 valence electrons. The van der Waals surface area contributed by atoms with Crippen molar-refractivity contribution in [1.29, 1.82) is 0 Å². The largest absolute Gasteiger partial charge is 0.481 e. The fourth-order valence-corrected chi connectivity index (χ4v) is 2.31. The Hall–Kier alpha value is -3.17. The molecule has 2 rings (SSSR count). The zero-order chi connectivity index (χ0) is 19.9. The zero-order valence-corrected chi connectivity index (χ0v) is 14.0. The van der Waals surface area contributed by atoms with Crippen LogP contribution in [0.4, 0.5) is 23.8 Å². The molecule has 3 N–H and O–H groups in total. The molecule has 1 atom stereocenters. The van der Waals surface area contributed by atoms with E-state index < -0.39 is 29.9 Å². The number of benzene rings is 1. The molecule has 1 aromatic heterocycles. The van der Waals surface area contributed by atoms with Crippen molar-refractivity contribution < 1.29 is 27.9 Å². The molecular weight excluding hydrogens is 365 g/mol. The minimum Gasteiger partial charge on any atom is -0.481 e. The van der Waals surface area contributed by atoms with Crippen molar-refractivity contribution in [2.45, 2.75) is 31.5 Å². The van der Waals surface area contributed by atoms with Crippen LogP contribution in [0.2, 0.25) is 0 Å². The minimum absolute atomic E-state index is 0.141. The van der Waals surface area contributed by atoms with Crippen LogP contribution in [-0.4, -0.2) is 33.3 Å². The lowest BCUT2D eigenvalue weighted by Crippen LogP contribution is -2.39. The van der Waals surface area contributed by atoms with E-state index in [-0.39, 0.29) is 18.7 Å². The van der Waals surface area contributed by atoms with Gasteiger partial charge in [-0.2, -0.15) is 13.2 Å². The standard InChI is InChI=1S/C17H17F3N4O3/c18-17(19,20)13-7-8-14(24-23-13)22-16(27)21-12(6-9-15(25)26)10-11-4-2-1-3-5-11/h1-5,7-8,12H,6,9-10H2,(H,25,26)(H2,21,22,24,27). The van der Waals surface area contributed by atoms with Gasteiger partial charge in [0.15, 0.2) is 11.5 Å². The number of aliphatic carboxylic acids is 1. The number of alkyl halides is 3. The summed E-state index contributed by atoms with van der Waals surface area (Å²) in [6.07, 6.45) is -4.17. The molecule has 27 heavy (non-hydrogen) atoms. The Kier molecular flexibility index (Phi) is 6.69. The molecule has 0 aliphatic heterocycles. The molecule has 1 heterocycles. The number of carboxylic acid groups (broad SMARTS) is 1. The van der Waals surface area contributed by atoms with Crippen LogP contribution >= 0.6 is 0 Å². The van der Waals surface area contributed by atoms with Crippen LogP contribution in [0.1, 0.15) is 24.1 Å². The van der Waals surface area contributed by atoms with Gasteiger partial charge in [-0.15, -0.1) is 10.2 Å². The number of carbonyl (C=O) groups excluding carboxylic acids is 1. The molecule has 0 saturated carbocycles. The molecule has 0 spiro atoms. The van der Waals surface area contributed by atoms with Crippen LogP contribution in [0.25, 0.3) is 0 Å². The normalized spacial score (nSPS) is 12.3. The number of amides is 2. The third kappa shape index (κ3) is 6.92. The van der Waals surface area contributed by atoms with E-state index in [9.17, 15) is 22.8 Å². The molecular formula is C17H17F3N4O3. The SMILES string of the molecule is O=C(O)CCC(Cc1ccccc1)NC(=O)Nc1ccc(C(F)(F)F)nn1. The smallest absolute Gasteiger partial charge is 0.435 e. The minimum atomic E-state index is -4.62. The van der Waals surface area contributed by atoms with Crippen molar-refractivity contribution >= 4 is 17.8 Å². The third-order valence-electron chi connectivity index (χ3n) is 3.56. The number of nitrogens with zero attached hydrogens (tertiary/aromatic N) is 2. The Morgan fingerprint density at radius 2 is 1.78 bits per heavy atom. The number of carboxylic acids is 1. The first-order chi connectivity index (χ1) is 12.7. The monoisotopic (exact) mass is 382 g/mol. The number of rotatable bonds is 7. The molecule has 0 bridgehead atoms. The summed E-state index contributed by atoms with van der Waals surface area (Å²) in [4.78, 5) is 22.9. The van der Waals surface area contributed by atoms with Crippen LogP contribution in [0.3, 0.4) is 0 Å². The molecule has 0 fully saturated rings. The van der Waals surface area contributed by atoms with E-state index in [4.69, 9.17) is 5.11 Å². The lowest BCUT2D eigenvalue weighted by Gasteiger charge is -2.18. The Balaban J connectivity index is 1.98. The van der Waals surface area contributed by atoms with E-state index in [0.717, 1.165) is 11.6 Å². The molecule has 10 heteroatoms. The second-order valence-electron chi connectivity index (χ2n) is 5.72. The van der Waals surface area contributed by atoms with Crippen molar-refractivity contribution in [1.82, 2.24) is 15.5 Å². The first-order valence-electron chi connectivity index (χ1n) is 7.98. The topological polar surface area (TPSA) is 104 Å². The van der Waals surface area contributed by atoms with Crippen molar-refractivity contribution in [3.63, 3.8) is 0 Å². The molecule has 7 nitrogen and oxygen atoms in total. The van der Waals surface area contributed by atoms with Crippen molar-refractivity contribution in [3.05, 3.63) is 53.7 Å². The molecule has 2 aromatic rings. The number of anilines is 1. The molecule has 0 saturated heterocycles. The summed E-state index contributed by atoms with van der Waals surface area (Å²) in [6, 6.07) is 9.65. The highest BCUT2D eigenvalue weighted by Gasteiger charge is 2.32. The summed E-state index contributed by atoms with van der Waals surface area (Å²) in [6.45, 7) is 0. The van der Waals surface area contributed by atoms with Gasteiger partial charge >= 0.3 is 18.2 Å². The molecule has 0 aliphatic rings. The fourth-order valence-electron chi connectivity index (χ4n) is 2.31. The molecule has 0 radical (unpaired) electrons. The summed E-state index contributed by atoms with van der Waals surface area (Å²) < 4.78 is 37.4. The van der Waals surface area contributed by atoms with Crippen molar-refractivity contribution in [2.24, 2.45) is 0 Å². The maximum Gasteiger partial charge on any atom is 0.435 e. The fraction of sp³-hybridized carbons (Fsp3) is 0.294. The van der Waals surface area contributed by atoms with Gasteiger partial charge in [-0.05, 0) is 30.5 Å². The number of urea groups is 1. The van der Waals surface area contributed by atoms with Gasteiger partial charge in [0.05, 0.1) is 0 Å². The van der Waals surface area contributed by atoms with E-state index in [1.165, 1.54) is 0 Å². The summed E-state index contributed by atoms with van der Waals surface area (Å²) in [5.74, 6) is -1.15. The predicted octanol–water partition coefficient (Wildman–Crippen LogP) is 3.09. The Labute approximate surface area is 152 Å². The van der Waals surface area contributed by atoms with Gasteiger partial charge in [0.1, 0.15) is 0 Å².